The standard InChI is InChI=1S/C18H34/c1-4-6-7-11-17(15-18-13-9-14-18)12-8-10-16(3)5-2/h7,11,16-18H,4-6,8-10,12-15H2,1-3H3. The van der Waals surface area contributed by atoms with E-state index in [0.29, 0.717) is 0 Å². The van der Waals surface area contributed by atoms with Gasteiger partial charge in [0, 0.05) is 0 Å². The molecule has 0 aromatic rings. The molecule has 0 radical (unpaired) electrons. The Morgan fingerprint density at radius 3 is 2.50 bits per heavy atom. The van der Waals surface area contributed by atoms with Crippen LogP contribution < -0.4 is 0 Å². The Balaban J connectivity index is 2.24. The normalized spacial score (nSPS) is 19.9. The molecule has 0 aliphatic heterocycles. The van der Waals surface area contributed by atoms with E-state index in [2.05, 4.69) is 32.9 Å². The zero-order chi connectivity index (χ0) is 13.2. The quantitative estimate of drug-likeness (QED) is 0.395. The largest absolute Gasteiger partial charge is 0.0883 e. The summed E-state index contributed by atoms with van der Waals surface area (Å²) in [4.78, 5) is 0. The summed E-state index contributed by atoms with van der Waals surface area (Å²) in [6, 6.07) is 0. The third kappa shape index (κ3) is 6.61. The SMILES string of the molecule is CCCC=CC(CCCC(C)CC)CC1CCC1. The Kier molecular flexibility index (Phi) is 8.46. The molecule has 0 nitrogen and oxygen atoms in total. The Labute approximate surface area is 115 Å². The van der Waals surface area contributed by atoms with Crippen molar-refractivity contribution in [2.45, 2.75) is 85.0 Å². The van der Waals surface area contributed by atoms with E-state index in [0.717, 1.165) is 17.8 Å². The van der Waals surface area contributed by atoms with Gasteiger partial charge in [-0.05, 0) is 37.0 Å². The Morgan fingerprint density at radius 1 is 1.17 bits per heavy atom. The van der Waals surface area contributed by atoms with Gasteiger partial charge >= 0.3 is 0 Å². The van der Waals surface area contributed by atoms with Gasteiger partial charge in [-0.3, -0.25) is 0 Å². The Bertz CT molecular complexity index is 212. The van der Waals surface area contributed by atoms with Gasteiger partial charge in [-0.1, -0.05) is 77.9 Å². The second kappa shape index (κ2) is 9.64. The van der Waals surface area contributed by atoms with E-state index in [1.807, 2.05) is 0 Å². The molecule has 1 aliphatic rings. The van der Waals surface area contributed by atoms with Crippen molar-refractivity contribution in [1.29, 1.82) is 0 Å². The van der Waals surface area contributed by atoms with E-state index in [4.69, 9.17) is 0 Å². The first-order valence-electron chi connectivity index (χ1n) is 8.42. The number of hydrogen-bond acceptors (Lipinski definition) is 0. The molecule has 0 heterocycles. The fourth-order valence-corrected chi connectivity index (χ4v) is 2.84. The molecule has 1 rings (SSSR count). The van der Waals surface area contributed by atoms with Crippen molar-refractivity contribution in [3.63, 3.8) is 0 Å². The van der Waals surface area contributed by atoms with Crippen molar-refractivity contribution < 1.29 is 0 Å². The number of allylic oxidation sites excluding steroid dienone is 2. The van der Waals surface area contributed by atoms with Crippen LogP contribution in [0.15, 0.2) is 12.2 Å². The van der Waals surface area contributed by atoms with E-state index in [1.165, 1.54) is 64.2 Å². The Morgan fingerprint density at radius 2 is 1.94 bits per heavy atom. The molecule has 0 heteroatoms. The average molecular weight is 250 g/mol. The molecule has 18 heavy (non-hydrogen) atoms. The van der Waals surface area contributed by atoms with Gasteiger partial charge in [-0.2, -0.15) is 0 Å². The van der Waals surface area contributed by atoms with Crippen LogP contribution in [0.5, 0.6) is 0 Å². The first-order valence-corrected chi connectivity index (χ1v) is 8.42. The van der Waals surface area contributed by atoms with Gasteiger partial charge in [0.2, 0.25) is 0 Å². The maximum absolute atomic E-state index is 2.54. The number of rotatable bonds is 10. The molecule has 0 N–H and O–H groups in total. The maximum atomic E-state index is 2.54. The fourth-order valence-electron chi connectivity index (χ4n) is 2.84. The van der Waals surface area contributed by atoms with Gasteiger partial charge in [0.1, 0.15) is 0 Å². The second-order valence-electron chi connectivity index (χ2n) is 6.45. The van der Waals surface area contributed by atoms with Crippen LogP contribution in [-0.2, 0) is 0 Å². The summed E-state index contributed by atoms with van der Waals surface area (Å²) in [7, 11) is 0. The molecule has 0 aromatic heterocycles. The van der Waals surface area contributed by atoms with Crippen molar-refractivity contribution in [1.82, 2.24) is 0 Å². The van der Waals surface area contributed by atoms with E-state index in [-0.39, 0.29) is 0 Å². The van der Waals surface area contributed by atoms with Crippen molar-refractivity contribution in [2.75, 3.05) is 0 Å². The highest BCUT2D eigenvalue weighted by Gasteiger charge is 2.20. The summed E-state index contributed by atoms with van der Waals surface area (Å²) in [5.74, 6) is 2.87. The summed E-state index contributed by atoms with van der Waals surface area (Å²) in [5.41, 5.74) is 0. The third-order valence-corrected chi connectivity index (χ3v) is 4.69. The molecular weight excluding hydrogens is 216 g/mol. The first kappa shape index (κ1) is 15.8. The van der Waals surface area contributed by atoms with Crippen LogP contribution in [0.1, 0.15) is 85.0 Å². The monoisotopic (exact) mass is 250 g/mol. The van der Waals surface area contributed by atoms with Gasteiger partial charge in [0.25, 0.3) is 0 Å². The molecule has 1 saturated carbocycles. The average Bonchev–Trinajstić information content (AvgIpc) is 2.32. The fraction of sp³-hybridized carbons (Fsp3) is 0.889. The summed E-state index contributed by atoms with van der Waals surface area (Å²) in [6.45, 7) is 6.99. The molecule has 1 fully saturated rings. The first-order chi connectivity index (χ1) is 8.76. The van der Waals surface area contributed by atoms with Gasteiger partial charge in [-0.15, -0.1) is 0 Å². The molecule has 0 saturated heterocycles. The van der Waals surface area contributed by atoms with Crippen molar-refractivity contribution in [3.8, 4) is 0 Å². The van der Waals surface area contributed by atoms with E-state index < -0.39 is 0 Å². The molecule has 2 atom stereocenters. The van der Waals surface area contributed by atoms with E-state index >= 15 is 0 Å². The highest BCUT2D eigenvalue weighted by atomic mass is 14.3. The molecule has 0 bridgehead atoms. The van der Waals surface area contributed by atoms with Crippen LogP contribution >= 0.6 is 0 Å². The zero-order valence-corrected chi connectivity index (χ0v) is 13.0. The lowest BCUT2D eigenvalue weighted by atomic mass is 9.77. The second-order valence-corrected chi connectivity index (χ2v) is 6.45. The number of unbranched alkanes of at least 4 members (excludes halogenated alkanes) is 1. The maximum Gasteiger partial charge on any atom is -0.0231 e. The molecular formula is C18H34. The molecule has 0 amide bonds. The third-order valence-electron chi connectivity index (χ3n) is 4.69. The minimum absolute atomic E-state index is 0.880. The smallest absolute Gasteiger partial charge is 0.0231 e. The number of hydrogen-bond donors (Lipinski definition) is 0. The highest BCUT2D eigenvalue weighted by Crippen LogP contribution is 2.34. The molecule has 1 aliphatic carbocycles. The predicted octanol–water partition coefficient (Wildman–Crippen LogP) is 6.37. The van der Waals surface area contributed by atoms with Crippen LogP contribution in [-0.4, -0.2) is 0 Å². The van der Waals surface area contributed by atoms with Gasteiger partial charge in [0.15, 0.2) is 0 Å². The summed E-state index contributed by atoms with van der Waals surface area (Å²) >= 11 is 0. The van der Waals surface area contributed by atoms with Gasteiger partial charge in [0.05, 0.1) is 0 Å². The highest BCUT2D eigenvalue weighted by molar-refractivity contribution is 4.90. The lowest BCUT2D eigenvalue weighted by Crippen LogP contribution is -2.15. The lowest BCUT2D eigenvalue weighted by molar-refractivity contribution is 0.258. The predicted molar refractivity (Wildman–Crippen MR) is 82.8 cm³/mol. The molecule has 0 aromatic carbocycles. The van der Waals surface area contributed by atoms with E-state index in [1.54, 1.807) is 0 Å². The van der Waals surface area contributed by atoms with Crippen LogP contribution in [0.2, 0.25) is 0 Å². The van der Waals surface area contributed by atoms with Crippen LogP contribution in [0.3, 0.4) is 0 Å². The molecule has 0 spiro atoms. The minimum Gasteiger partial charge on any atom is -0.0883 e. The molecule has 106 valence electrons. The van der Waals surface area contributed by atoms with E-state index in [9.17, 15) is 0 Å². The molecule has 2 unspecified atom stereocenters. The van der Waals surface area contributed by atoms with Crippen LogP contribution in [0, 0.1) is 17.8 Å². The summed E-state index contributed by atoms with van der Waals surface area (Å²) < 4.78 is 0. The Hall–Kier alpha value is -0.260. The summed E-state index contributed by atoms with van der Waals surface area (Å²) in [6.07, 6.45) is 19.1. The topological polar surface area (TPSA) is 0 Å². The van der Waals surface area contributed by atoms with Crippen molar-refractivity contribution in [2.24, 2.45) is 17.8 Å². The van der Waals surface area contributed by atoms with Gasteiger partial charge < -0.3 is 0 Å². The van der Waals surface area contributed by atoms with Crippen LogP contribution in [0.4, 0.5) is 0 Å². The zero-order valence-electron chi connectivity index (χ0n) is 13.0. The van der Waals surface area contributed by atoms with Crippen molar-refractivity contribution >= 4 is 0 Å². The van der Waals surface area contributed by atoms with Crippen LogP contribution in [0.25, 0.3) is 0 Å². The summed E-state index contributed by atoms with van der Waals surface area (Å²) in [5, 5.41) is 0. The minimum atomic E-state index is 0.880. The van der Waals surface area contributed by atoms with Crippen molar-refractivity contribution in [3.05, 3.63) is 12.2 Å². The lowest BCUT2D eigenvalue weighted by Gasteiger charge is -2.28. The van der Waals surface area contributed by atoms with Gasteiger partial charge in [-0.25, -0.2) is 0 Å².